The van der Waals surface area contributed by atoms with E-state index in [1.807, 2.05) is 20.8 Å². The van der Waals surface area contributed by atoms with E-state index >= 15 is 0 Å². The third-order valence-electron chi connectivity index (χ3n) is 5.02. The van der Waals surface area contributed by atoms with Gasteiger partial charge in [-0.3, -0.25) is 14.4 Å². The van der Waals surface area contributed by atoms with Crippen molar-refractivity contribution in [3.05, 3.63) is 58.1 Å². The minimum atomic E-state index is -0.509. The van der Waals surface area contributed by atoms with Crippen molar-refractivity contribution < 1.29 is 19.1 Å². The molecule has 0 atom stereocenters. The van der Waals surface area contributed by atoms with Crippen molar-refractivity contribution in [2.45, 2.75) is 46.2 Å². The van der Waals surface area contributed by atoms with Gasteiger partial charge >= 0.3 is 0 Å². The van der Waals surface area contributed by atoms with Crippen molar-refractivity contribution in [3.63, 3.8) is 0 Å². The van der Waals surface area contributed by atoms with Crippen LogP contribution in [0.3, 0.4) is 0 Å². The molecule has 0 heterocycles. The van der Waals surface area contributed by atoms with Crippen LogP contribution in [0.15, 0.2) is 36.4 Å². The zero-order chi connectivity index (χ0) is 23.5. The van der Waals surface area contributed by atoms with E-state index < -0.39 is 11.3 Å². The molecule has 3 N–H and O–H groups in total. The molecule has 0 bridgehead atoms. The number of hydrogen-bond donors (Lipinski definition) is 3. The second-order valence-electron chi connectivity index (χ2n) is 8.86. The Hall–Kier alpha value is -3.06. The summed E-state index contributed by atoms with van der Waals surface area (Å²) < 4.78 is 5.29. The lowest BCUT2D eigenvalue weighted by molar-refractivity contribution is -0.128. The van der Waals surface area contributed by atoms with Gasteiger partial charge in [-0.15, -0.1) is 0 Å². The molecule has 32 heavy (non-hydrogen) atoms. The molecule has 0 radical (unpaired) electrons. The average Bonchev–Trinajstić information content (AvgIpc) is 3.56. The zero-order valence-electron chi connectivity index (χ0n) is 18.7. The number of hydrogen-bond acceptors (Lipinski definition) is 4. The highest BCUT2D eigenvalue weighted by atomic mass is 35.5. The van der Waals surface area contributed by atoms with Crippen molar-refractivity contribution >= 4 is 35.0 Å². The number of nitrogens with one attached hydrogen (secondary N) is 3. The first kappa shape index (κ1) is 23.6. The van der Waals surface area contributed by atoms with Crippen LogP contribution in [-0.2, 0) is 11.3 Å². The van der Waals surface area contributed by atoms with Gasteiger partial charge in [-0.2, -0.15) is 0 Å². The van der Waals surface area contributed by atoms with Gasteiger partial charge in [-0.05, 0) is 48.7 Å². The summed E-state index contributed by atoms with van der Waals surface area (Å²) in [5.41, 5.74) is 1.30. The molecule has 1 fully saturated rings. The lowest BCUT2D eigenvalue weighted by Crippen LogP contribution is -2.34. The van der Waals surface area contributed by atoms with Crippen LogP contribution >= 0.6 is 11.6 Å². The van der Waals surface area contributed by atoms with Gasteiger partial charge in [0.25, 0.3) is 11.8 Å². The summed E-state index contributed by atoms with van der Waals surface area (Å²) >= 11 is 6.25. The molecule has 0 aliphatic heterocycles. The molecule has 3 amide bonds. The summed E-state index contributed by atoms with van der Waals surface area (Å²) in [5, 5.41) is 8.85. The molecule has 170 valence electrons. The highest BCUT2D eigenvalue weighted by molar-refractivity contribution is 6.34. The molecule has 0 unspecified atom stereocenters. The summed E-state index contributed by atoms with van der Waals surface area (Å²) in [4.78, 5) is 37.5. The largest absolute Gasteiger partial charge is 0.496 e. The van der Waals surface area contributed by atoms with E-state index in [0.717, 1.165) is 18.4 Å². The monoisotopic (exact) mass is 457 g/mol. The summed E-state index contributed by atoms with van der Waals surface area (Å²) in [6, 6.07) is 10.1. The van der Waals surface area contributed by atoms with Gasteiger partial charge in [0.05, 0.1) is 23.3 Å². The minimum absolute atomic E-state index is 0.0892. The number of anilines is 1. The predicted octanol–water partition coefficient (Wildman–Crippen LogP) is 4.16. The summed E-state index contributed by atoms with van der Waals surface area (Å²) in [6.45, 7) is 5.77. The Kier molecular flexibility index (Phi) is 7.09. The van der Waals surface area contributed by atoms with Crippen molar-refractivity contribution in [2.24, 2.45) is 5.41 Å². The Labute approximate surface area is 192 Å². The number of amides is 3. The topological polar surface area (TPSA) is 96.5 Å². The first-order chi connectivity index (χ1) is 15.1. The van der Waals surface area contributed by atoms with E-state index in [0.29, 0.717) is 17.0 Å². The molecule has 0 spiro atoms. The van der Waals surface area contributed by atoms with Crippen molar-refractivity contribution in [1.82, 2.24) is 10.6 Å². The van der Waals surface area contributed by atoms with Gasteiger partial charge in [0.1, 0.15) is 5.75 Å². The number of ether oxygens (including phenoxy) is 1. The molecule has 1 aliphatic carbocycles. The minimum Gasteiger partial charge on any atom is -0.496 e. The van der Waals surface area contributed by atoms with Crippen LogP contribution in [0.25, 0.3) is 0 Å². The van der Waals surface area contributed by atoms with E-state index in [9.17, 15) is 14.4 Å². The Balaban J connectivity index is 1.75. The number of rotatable bonds is 7. The second kappa shape index (κ2) is 9.61. The molecule has 2 aromatic carbocycles. The molecule has 2 aromatic rings. The van der Waals surface area contributed by atoms with Crippen LogP contribution in [0.1, 0.15) is 59.9 Å². The van der Waals surface area contributed by atoms with Gasteiger partial charge in [-0.25, -0.2) is 0 Å². The maximum atomic E-state index is 12.9. The van der Waals surface area contributed by atoms with Gasteiger partial charge in [-0.1, -0.05) is 38.4 Å². The molecular weight excluding hydrogens is 430 g/mol. The maximum absolute atomic E-state index is 12.9. The van der Waals surface area contributed by atoms with Crippen LogP contribution in [0, 0.1) is 5.41 Å². The van der Waals surface area contributed by atoms with Crippen molar-refractivity contribution in [3.8, 4) is 5.75 Å². The molecule has 1 aliphatic rings. The zero-order valence-corrected chi connectivity index (χ0v) is 19.4. The Morgan fingerprint density at radius 2 is 1.75 bits per heavy atom. The predicted molar refractivity (Wildman–Crippen MR) is 124 cm³/mol. The van der Waals surface area contributed by atoms with Gasteiger partial charge in [0.15, 0.2) is 0 Å². The molecule has 7 nitrogen and oxygen atoms in total. The van der Waals surface area contributed by atoms with Crippen LogP contribution in [0.4, 0.5) is 5.69 Å². The van der Waals surface area contributed by atoms with Gasteiger partial charge < -0.3 is 20.7 Å². The molecule has 3 rings (SSSR count). The first-order valence-corrected chi connectivity index (χ1v) is 10.8. The standard InChI is InChI=1S/C24H28ClN3O4/c1-24(2,3)23(31)26-13-14-5-9-19(25)17(11-14)21(29)28-16-8-10-20(32-4)18(12-16)22(30)27-15-6-7-15/h5,8-12,15H,6-7,13H2,1-4H3,(H,26,31)(H,27,30)(H,28,29). The highest BCUT2D eigenvalue weighted by Gasteiger charge is 2.25. The highest BCUT2D eigenvalue weighted by Crippen LogP contribution is 2.26. The smallest absolute Gasteiger partial charge is 0.257 e. The summed E-state index contributed by atoms with van der Waals surface area (Å²) in [7, 11) is 1.49. The Morgan fingerprint density at radius 1 is 1.03 bits per heavy atom. The fourth-order valence-corrected chi connectivity index (χ4v) is 3.16. The van der Waals surface area contributed by atoms with E-state index in [-0.39, 0.29) is 35.0 Å². The number of carbonyl (C=O) groups excluding carboxylic acids is 3. The fourth-order valence-electron chi connectivity index (χ4n) is 2.96. The van der Waals surface area contributed by atoms with Crippen LogP contribution in [0.5, 0.6) is 5.75 Å². The number of carbonyl (C=O) groups is 3. The van der Waals surface area contributed by atoms with E-state index in [2.05, 4.69) is 16.0 Å². The van der Waals surface area contributed by atoms with Gasteiger partial charge in [0.2, 0.25) is 5.91 Å². The van der Waals surface area contributed by atoms with E-state index in [4.69, 9.17) is 16.3 Å². The Bertz CT molecular complexity index is 1040. The maximum Gasteiger partial charge on any atom is 0.257 e. The quantitative estimate of drug-likeness (QED) is 0.581. The van der Waals surface area contributed by atoms with E-state index in [1.165, 1.54) is 7.11 Å². The van der Waals surface area contributed by atoms with Crippen molar-refractivity contribution in [1.29, 1.82) is 0 Å². The number of halogens is 1. The third-order valence-corrected chi connectivity index (χ3v) is 5.35. The second-order valence-corrected chi connectivity index (χ2v) is 9.27. The van der Waals surface area contributed by atoms with Crippen molar-refractivity contribution in [2.75, 3.05) is 12.4 Å². The summed E-state index contributed by atoms with van der Waals surface area (Å²) in [6.07, 6.45) is 1.94. The molecule has 0 saturated heterocycles. The lowest BCUT2D eigenvalue weighted by atomic mass is 9.95. The molecule has 1 saturated carbocycles. The fraction of sp³-hybridized carbons (Fsp3) is 0.375. The average molecular weight is 458 g/mol. The summed E-state index contributed by atoms with van der Waals surface area (Å²) in [5.74, 6) is -0.322. The van der Waals surface area contributed by atoms with Crippen LogP contribution < -0.4 is 20.7 Å². The molecule has 0 aromatic heterocycles. The SMILES string of the molecule is COc1ccc(NC(=O)c2cc(CNC(=O)C(C)(C)C)ccc2Cl)cc1C(=O)NC1CC1. The van der Waals surface area contributed by atoms with E-state index in [1.54, 1.807) is 36.4 Å². The first-order valence-electron chi connectivity index (χ1n) is 10.5. The lowest BCUT2D eigenvalue weighted by Gasteiger charge is -2.18. The Morgan fingerprint density at radius 3 is 2.38 bits per heavy atom. The molecule has 8 heteroatoms. The normalized spacial score (nSPS) is 13.3. The van der Waals surface area contributed by atoms with Crippen LogP contribution in [-0.4, -0.2) is 30.9 Å². The molecular formula is C24H28ClN3O4. The van der Waals surface area contributed by atoms with Crippen LogP contribution in [0.2, 0.25) is 5.02 Å². The third kappa shape index (κ3) is 6.01. The van der Waals surface area contributed by atoms with Gasteiger partial charge in [0, 0.05) is 23.7 Å². The number of benzene rings is 2. The number of methoxy groups -OCH3 is 1.